The van der Waals surface area contributed by atoms with E-state index in [1.54, 1.807) is 0 Å². The summed E-state index contributed by atoms with van der Waals surface area (Å²) in [6.07, 6.45) is 0.945. The van der Waals surface area contributed by atoms with Gasteiger partial charge in [-0.05, 0) is 58.4 Å². The molecule has 56 heavy (non-hydrogen) atoms. The Bertz CT molecular complexity index is 2010. The van der Waals surface area contributed by atoms with Crippen LogP contribution in [-0.2, 0) is 36.8 Å². The number of carbonyl (C=O) groups excluding carboxylic acids is 5. The van der Waals surface area contributed by atoms with Crippen molar-refractivity contribution in [3.63, 3.8) is 0 Å². The molecule has 1 saturated heterocycles. The molecule has 1 heterocycles. The third kappa shape index (κ3) is 11.9. The van der Waals surface area contributed by atoms with Crippen molar-refractivity contribution in [2.75, 3.05) is 19.6 Å². The predicted octanol–water partition coefficient (Wildman–Crippen LogP) is -0.0456. The molecule has 1 fully saturated rings. The lowest BCUT2D eigenvalue weighted by Crippen LogP contribution is -2.58. The molecule has 4 aromatic rings. The Morgan fingerprint density at radius 1 is 0.518 bits per heavy atom. The van der Waals surface area contributed by atoms with E-state index in [9.17, 15) is 24.0 Å². The number of rotatable bonds is 12. The Morgan fingerprint density at radius 2 is 0.929 bits per heavy atom. The van der Waals surface area contributed by atoms with Crippen molar-refractivity contribution in [1.82, 2.24) is 26.6 Å². The Balaban J connectivity index is 1.47. The number of guanidine groups is 2. The van der Waals surface area contributed by atoms with Gasteiger partial charge in [0.15, 0.2) is 11.9 Å². The van der Waals surface area contributed by atoms with Gasteiger partial charge in [0, 0.05) is 25.9 Å². The van der Waals surface area contributed by atoms with E-state index in [-0.39, 0.29) is 50.7 Å². The normalized spacial score (nSPS) is 19.7. The van der Waals surface area contributed by atoms with Crippen molar-refractivity contribution in [2.24, 2.45) is 32.9 Å². The highest BCUT2D eigenvalue weighted by Crippen LogP contribution is 2.19. The van der Waals surface area contributed by atoms with Crippen molar-refractivity contribution in [2.45, 2.75) is 62.7 Å². The minimum atomic E-state index is -1.15. The van der Waals surface area contributed by atoms with Crippen LogP contribution in [0.1, 0.15) is 36.8 Å². The Hall–Kier alpha value is -6.71. The molecule has 13 N–H and O–H groups in total. The Morgan fingerprint density at radius 3 is 1.39 bits per heavy atom. The molecule has 0 aromatic heterocycles. The van der Waals surface area contributed by atoms with E-state index in [0.29, 0.717) is 12.8 Å². The van der Waals surface area contributed by atoms with E-state index in [2.05, 4.69) is 36.6 Å². The summed E-state index contributed by atoms with van der Waals surface area (Å²) >= 11 is 0. The fourth-order valence-electron chi connectivity index (χ4n) is 6.52. The second-order valence-electron chi connectivity index (χ2n) is 13.7. The van der Waals surface area contributed by atoms with Gasteiger partial charge in [-0.1, -0.05) is 84.9 Å². The van der Waals surface area contributed by atoms with E-state index >= 15 is 0 Å². The van der Waals surface area contributed by atoms with Crippen molar-refractivity contribution in [3.8, 4) is 0 Å². The Kier molecular flexibility index (Phi) is 14.1. The van der Waals surface area contributed by atoms with Crippen LogP contribution in [0.5, 0.6) is 0 Å². The topological polar surface area (TPSA) is 274 Å². The zero-order valence-electron chi connectivity index (χ0n) is 31.0. The molecule has 1 aliphatic heterocycles. The van der Waals surface area contributed by atoms with Gasteiger partial charge in [-0.3, -0.25) is 34.0 Å². The molecular formula is C40H49N11O5. The number of amides is 5. The summed E-state index contributed by atoms with van der Waals surface area (Å²) in [4.78, 5) is 77.2. The number of nitrogens with one attached hydrogen (secondary N) is 5. The highest BCUT2D eigenvalue weighted by atomic mass is 16.2. The fraction of sp³-hybridized carbons (Fsp3) is 0.325. The minimum Gasteiger partial charge on any atom is -0.370 e. The molecular weight excluding hydrogens is 715 g/mol. The third-order valence-electron chi connectivity index (χ3n) is 9.37. The van der Waals surface area contributed by atoms with Crippen LogP contribution in [0.15, 0.2) is 94.9 Å². The van der Waals surface area contributed by atoms with Gasteiger partial charge in [0.1, 0.15) is 24.2 Å². The van der Waals surface area contributed by atoms with Crippen LogP contribution in [0.25, 0.3) is 21.5 Å². The number of hydrogen-bond donors (Lipinski definition) is 9. The van der Waals surface area contributed by atoms with Crippen molar-refractivity contribution in [1.29, 1.82) is 0 Å². The number of nitrogens with zero attached hydrogens (tertiary/aromatic N) is 2. The Labute approximate surface area is 324 Å². The maximum Gasteiger partial charge on any atom is 0.243 e. The van der Waals surface area contributed by atoms with Gasteiger partial charge in [-0.15, -0.1) is 0 Å². The molecule has 5 rings (SSSR count). The van der Waals surface area contributed by atoms with Gasteiger partial charge in [-0.25, -0.2) is 0 Å². The first-order valence-corrected chi connectivity index (χ1v) is 18.5. The summed E-state index contributed by atoms with van der Waals surface area (Å²) in [5, 5.41) is 17.6. The maximum atomic E-state index is 14.0. The molecule has 0 unspecified atom stereocenters. The van der Waals surface area contributed by atoms with Crippen LogP contribution in [-0.4, -0.2) is 85.3 Å². The van der Waals surface area contributed by atoms with Gasteiger partial charge in [0.2, 0.25) is 29.5 Å². The number of nitrogens with two attached hydrogens (primary N) is 4. The van der Waals surface area contributed by atoms with Crippen LogP contribution in [0.4, 0.5) is 0 Å². The van der Waals surface area contributed by atoms with E-state index in [4.69, 9.17) is 22.9 Å². The summed E-state index contributed by atoms with van der Waals surface area (Å²) in [6.45, 7) is -0.136. The monoisotopic (exact) mass is 763 g/mol. The minimum absolute atomic E-state index is 0.0801. The quantitative estimate of drug-likeness (QED) is 0.0531. The average Bonchev–Trinajstić information content (AvgIpc) is 3.18. The number of carbonyl (C=O) groups is 5. The first-order chi connectivity index (χ1) is 26.9. The molecule has 0 radical (unpaired) electrons. The smallest absolute Gasteiger partial charge is 0.243 e. The molecule has 16 heteroatoms. The van der Waals surface area contributed by atoms with Crippen LogP contribution < -0.4 is 49.5 Å². The molecule has 16 nitrogen and oxygen atoms in total. The highest BCUT2D eigenvalue weighted by molar-refractivity contribution is 5.97. The van der Waals surface area contributed by atoms with Crippen LogP contribution in [0.2, 0.25) is 0 Å². The molecule has 0 spiro atoms. The molecule has 0 saturated carbocycles. The van der Waals surface area contributed by atoms with E-state index in [1.165, 1.54) is 0 Å². The molecule has 4 aromatic carbocycles. The summed E-state index contributed by atoms with van der Waals surface area (Å²) in [5.41, 5.74) is 23.5. The number of fused-ring (bicyclic) bond motifs is 2. The summed E-state index contributed by atoms with van der Waals surface area (Å²) in [6, 6.07) is 22.3. The molecule has 4 atom stereocenters. The first-order valence-electron chi connectivity index (χ1n) is 18.5. The number of aliphatic imine (C=N–C) groups is 2. The fourth-order valence-corrected chi connectivity index (χ4v) is 6.52. The molecule has 294 valence electrons. The van der Waals surface area contributed by atoms with Crippen LogP contribution in [0, 0.1) is 0 Å². The molecule has 1 aliphatic rings. The van der Waals surface area contributed by atoms with Crippen LogP contribution in [0.3, 0.4) is 0 Å². The summed E-state index contributed by atoms with van der Waals surface area (Å²) in [5.74, 6) is -3.48. The summed E-state index contributed by atoms with van der Waals surface area (Å²) < 4.78 is 0. The lowest BCUT2D eigenvalue weighted by atomic mass is 10.00. The van der Waals surface area contributed by atoms with E-state index in [1.807, 2.05) is 84.9 Å². The number of benzene rings is 4. The number of hydrogen-bond acceptors (Lipinski definition) is 7. The second-order valence-corrected chi connectivity index (χ2v) is 13.7. The molecule has 0 aliphatic carbocycles. The SMILES string of the molecule is NC(N)=NCCC[C@@H]1NC(=O)[C@@H](CCCN=C(N)N)NC(=O)[C@H](Cc2ccc3ccccc3c2)NC(=O)CNC(=O)[C@H](Cc2ccc3ccccc3c2)NC1=O. The van der Waals surface area contributed by atoms with Crippen molar-refractivity contribution < 1.29 is 24.0 Å². The molecule has 0 bridgehead atoms. The van der Waals surface area contributed by atoms with E-state index in [0.717, 1.165) is 32.7 Å². The lowest BCUT2D eigenvalue weighted by molar-refractivity contribution is -0.134. The average molecular weight is 764 g/mol. The molecule has 5 amide bonds. The predicted molar refractivity (Wildman–Crippen MR) is 216 cm³/mol. The van der Waals surface area contributed by atoms with Crippen LogP contribution >= 0.6 is 0 Å². The standard InChI is InChI=1S/C40H49N11O5/c41-39(42)45-17-5-11-30-36(54)49-31(12-6-18-46-40(43)44)37(55)51-32(21-24-13-15-26-7-1-3-9-28(26)19-24)35(53)47-23-34(52)48-33(38(56)50-30)22-25-14-16-27-8-2-4-10-29(27)20-25/h1-4,7-10,13-16,19-20,30-33H,5-6,11-12,17-18,21-23H2,(H,47,53)(H,48,52)(H,49,54)(H,50,56)(H,51,55)(H4,41,42,45)(H4,43,44,46)/t30-,31+,32+,33+/m1/s1. The van der Waals surface area contributed by atoms with Gasteiger partial charge in [0.25, 0.3) is 0 Å². The maximum absolute atomic E-state index is 14.0. The summed E-state index contributed by atoms with van der Waals surface area (Å²) in [7, 11) is 0. The zero-order valence-corrected chi connectivity index (χ0v) is 31.0. The van der Waals surface area contributed by atoms with Gasteiger partial charge in [0.05, 0.1) is 6.54 Å². The van der Waals surface area contributed by atoms with Gasteiger partial charge < -0.3 is 49.5 Å². The first kappa shape index (κ1) is 40.5. The lowest BCUT2D eigenvalue weighted by Gasteiger charge is -2.26. The largest absolute Gasteiger partial charge is 0.370 e. The second kappa shape index (κ2) is 19.6. The highest BCUT2D eigenvalue weighted by Gasteiger charge is 2.32. The zero-order chi connectivity index (χ0) is 40.0. The van der Waals surface area contributed by atoms with Gasteiger partial charge in [-0.2, -0.15) is 0 Å². The van der Waals surface area contributed by atoms with E-state index < -0.39 is 60.2 Å². The van der Waals surface area contributed by atoms with Gasteiger partial charge >= 0.3 is 0 Å². The van der Waals surface area contributed by atoms with Crippen molar-refractivity contribution >= 4 is 63.0 Å². The third-order valence-corrected chi connectivity index (χ3v) is 9.37. The van der Waals surface area contributed by atoms with Crippen molar-refractivity contribution in [3.05, 3.63) is 96.1 Å².